The molecule has 4 nitrogen and oxygen atoms in total. The Kier molecular flexibility index (Phi) is 3.71. The van der Waals surface area contributed by atoms with Crippen molar-refractivity contribution in [2.45, 2.75) is 13.0 Å². The van der Waals surface area contributed by atoms with Gasteiger partial charge in [-0.2, -0.15) is 0 Å². The third-order valence-corrected chi connectivity index (χ3v) is 2.58. The fourth-order valence-corrected chi connectivity index (χ4v) is 1.71. The van der Waals surface area contributed by atoms with Gasteiger partial charge in [-0.05, 0) is 41.1 Å². The van der Waals surface area contributed by atoms with Gasteiger partial charge in [0, 0.05) is 22.4 Å². The van der Waals surface area contributed by atoms with Gasteiger partial charge >= 0.3 is 0 Å². The first-order chi connectivity index (χ1) is 8.16. The molecule has 5 heteroatoms. The molecule has 0 saturated heterocycles. The van der Waals surface area contributed by atoms with Crippen molar-refractivity contribution in [2.75, 3.05) is 0 Å². The van der Waals surface area contributed by atoms with Crippen LogP contribution in [0.1, 0.15) is 18.6 Å². The van der Waals surface area contributed by atoms with Crippen molar-refractivity contribution in [3.63, 3.8) is 0 Å². The maximum Gasteiger partial charge on any atom is 0.225 e. The first-order valence-electron chi connectivity index (χ1n) is 5.08. The lowest BCUT2D eigenvalue weighted by molar-refractivity contribution is 0.194. The number of aliphatic hydroxyl groups is 1. The monoisotopic (exact) mass is 294 g/mol. The highest BCUT2D eigenvalue weighted by atomic mass is 79.9. The number of aromatic nitrogens is 2. The molecule has 0 aromatic carbocycles. The second-order valence-corrected chi connectivity index (χ2v) is 4.43. The van der Waals surface area contributed by atoms with Gasteiger partial charge in [0.25, 0.3) is 0 Å². The van der Waals surface area contributed by atoms with Gasteiger partial charge in [-0.25, -0.2) is 4.98 Å². The van der Waals surface area contributed by atoms with Crippen molar-refractivity contribution < 1.29 is 9.84 Å². The summed E-state index contributed by atoms with van der Waals surface area (Å²) < 4.78 is 6.41. The summed E-state index contributed by atoms with van der Waals surface area (Å²) in [4.78, 5) is 8.09. The van der Waals surface area contributed by atoms with E-state index >= 15 is 0 Å². The van der Waals surface area contributed by atoms with E-state index in [0.29, 0.717) is 17.2 Å². The Morgan fingerprint density at radius 2 is 2.24 bits per heavy atom. The molecule has 1 N–H and O–H groups in total. The summed E-state index contributed by atoms with van der Waals surface area (Å²) in [6, 6.07) is 5.32. The second-order valence-electron chi connectivity index (χ2n) is 3.51. The molecule has 1 atom stereocenters. The second kappa shape index (κ2) is 5.25. The number of halogens is 1. The van der Waals surface area contributed by atoms with Crippen molar-refractivity contribution in [3.8, 4) is 11.6 Å². The van der Waals surface area contributed by atoms with Crippen LogP contribution < -0.4 is 4.74 Å². The van der Waals surface area contributed by atoms with Crippen molar-refractivity contribution >= 4 is 15.9 Å². The van der Waals surface area contributed by atoms with Crippen molar-refractivity contribution in [1.82, 2.24) is 9.97 Å². The van der Waals surface area contributed by atoms with Crippen molar-refractivity contribution in [2.24, 2.45) is 0 Å². The lowest BCUT2D eigenvalue weighted by Gasteiger charge is -2.11. The van der Waals surface area contributed by atoms with E-state index in [0.717, 1.165) is 4.47 Å². The summed E-state index contributed by atoms with van der Waals surface area (Å²) >= 11 is 3.31. The highest BCUT2D eigenvalue weighted by molar-refractivity contribution is 9.10. The predicted octanol–water partition coefficient (Wildman–Crippen LogP) is 3.08. The number of ether oxygens (including phenoxy) is 1. The van der Waals surface area contributed by atoms with E-state index in [9.17, 15) is 5.11 Å². The molecule has 2 heterocycles. The van der Waals surface area contributed by atoms with Crippen LogP contribution in [0, 0.1) is 0 Å². The minimum Gasteiger partial charge on any atom is -0.437 e. The minimum atomic E-state index is -0.626. The first-order valence-corrected chi connectivity index (χ1v) is 5.87. The molecule has 0 aliphatic rings. The van der Waals surface area contributed by atoms with Gasteiger partial charge in [0.15, 0.2) is 0 Å². The maximum absolute atomic E-state index is 9.59. The summed E-state index contributed by atoms with van der Waals surface area (Å²) in [6.07, 6.45) is 4.25. The molecule has 17 heavy (non-hydrogen) atoms. The summed E-state index contributed by atoms with van der Waals surface area (Å²) in [5.74, 6) is 0.961. The van der Waals surface area contributed by atoms with Crippen LogP contribution in [0.5, 0.6) is 11.6 Å². The number of hydrogen-bond acceptors (Lipinski definition) is 4. The van der Waals surface area contributed by atoms with E-state index in [-0.39, 0.29) is 0 Å². The zero-order valence-electron chi connectivity index (χ0n) is 9.17. The molecule has 0 aliphatic carbocycles. The topological polar surface area (TPSA) is 55.2 Å². The minimum absolute atomic E-state index is 0.391. The molecule has 2 aromatic rings. The van der Waals surface area contributed by atoms with Gasteiger partial charge in [0.05, 0.1) is 12.3 Å². The smallest absolute Gasteiger partial charge is 0.225 e. The van der Waals surface area contributed by atoms with E-state index in [1.165, 1.54) is 0 Å². The van der Waals surface area contributed by atoms with Crippen molar-refractivity contribution in [3.05, 3.63) is 46.8 Å². The molecule has 0 amide bonds. The summed E-state index contributed by atoms with van der Waals surface area (Å²) in [6.45, 7) is 1.67. The van der Waals surface area contributed by atoms with Crippen LogP contribution in [0.25, 0.3) is 0 Å². The highest BCUT2D eigenvalue weighted by Crippen LogP contribution is 2.27. The van der Waals surface area contributed by atoms with Crippen LogP contribution in [0.2, 0.25) is 0 Å². The lowest BCUT2D eigenvalue weighted by atomic mass is 10.2. The van der Waals surface area contributed by atoms with Crippen LogP contribution in [0.4, 0.5) is 0 Å². The summed E-state index contributed by atoms with van der Waals surface area (Å²) in [5.41, 5.74) is 0.646. The SMILES string of the molecule is CC(O)c1cccnc1Oc1cncc(Br)c1. The molecule has 0 fully saturated rings. The molecule has 0 bridgehead atoms. The summed E-state index contributed by atoms with van der Waals surface area (Å²) in [5, 5.41) is 9.59. The zero-order chi connectivity index (χ0) is 12.3. The Labute approximate surface area is 107 Å². The summed E-state index contributed by atoms with van der Waals surface area (Å²) in [7, 11) is 0. The Hall–Kier alpha value is -1.46. The average Bonchev–Trinajstić information content (AvgIpc) is 2.29. The van der Waals surface area contributed by atoms with Crippen LogP contribution >= 0.6 is 15.9 Å². The Bertz CT molecular complexity index is 517. The van der Waals surface area contributed by atoms with Crippen molar-refractivity contribution in [1.29, 1.82) is 0 Å². The van der Waals surface area contributed by atoms with Gasteiger partial charge < -0.3 is 9.84 Å². The van der Waals surface area contributed by atoms with E-state index < -0.39 is 6.10 Å². The van der Waals surface area contributed by atoms with E-state index in [2.05, 4.69) is 25.9 Å². The molecule has 2 rings (SSSR count). The fourth-order valence-electron chi connectivity index (χ4n) is 1.37. The van der Waals surface area contributed by atoms with Gasteiger partial charge in [-0.15, -0.1) is 0 Å². The van der Waals surface area contributed by atoms with Gasteiger partial charge in [0.1, 0.15) is 5.75 Å². The molecule has 0 spiro atoms. The molecule has 0 aliphatic heterocycles. The predicted molar refractivity (Wildman–Crippen MR) is 66.9 cm³/mol. The first kappa shape index (κ1) is 12.0. The van der Waals surface area contributed by atoms with Crippen LogP contribution in [0.15, 0.2) is 41.3 Å². The average molecular weight is 295 g/mol. The van der Waals surface area contributed by atoms with Crippen LogP contribution in [-0.2, 0) is 0 Å². The lowest BCUT2D eigenvalue weighted by Crippen LogP contribution is -1.98. The standard InChI is InChI=1S/C12H11BrN2O2/c1-8(16)11-3-2-4-15-12(11)17-10-5-9(13)6-14-7-10/h2-8,16H,1H3. The molecular weight excluding hydrogens is 284 g/mol. The van der Waals surface area contributed by atoms with E-state index in [1.807, 2.05) is 0 Å². The Balaban J connectivity index is 2.30. The van der Waals surface area contributed by atoms with Crippen LogP contribution in [-0.4, -0.2) is 15.1 Å². The molecule has 0 radical (unpaired) electrons. The van der Waals surface area contributed by atoms with Gasteiger partial charge in [-0.3, -0.25) is 4.98 Å². The largest absolute Gasteiger partial charge is 0.437 e. The molecule has 2 aromatic heterocycles. The van der Waals surface area contributed by atoms with Gasteiger partial charge in [0.2, 0.25) is 5.88 Å². The molecular formula is C12H11BrN2O2. The Morgan fingerprint density at radius 3 is 2.94 bits per heavy atom. The number of hydrogen-bond donors (Lipinski definition) is 1. The van der Waals surface area contributed by atoms with E-state index in [1.54, 1.807) is 43.7 Å². The van der Waals surface area contributed by atoms with E-state index in [4.69, 9.17) is 4.74 Å². The Morgan fingerprint density at radius 1 is 1.41 bits per heavy atom. The highest BCUT2D eigenvalue weighted by Gasteiger charge is 2.10. The zero-order valence-corrected chi connectivity index (χ0v) is 10.8. The molecule has 88 valence electrons. The molecule has 0 saturated carbocycles. The number of pyridine rings is 2. The fraction of sp³-hybridized carbons (Fsp3) is 0.167. The number of aliphatic hydroxyl groups excluding tert-OH is 1. The number of rotatable bonds is 3. The van der Waals surface area contributed by atoms with Gasteiger partial charge in [-0.1, -0.05) is 0 Å². The third-order valence-electron chi connectivity index (χ3n) is 2.14. The number of nitrogens with zero attached hydrogens (tertiary/aromatic N) is 2. The quantitative estimate of drug-likeness (QED) is 0.945. The normalized spacial score (nSPS) is 12.2. The maximum atomic E-state index is 9.59. The third kappa shape index (κ3) is 3.01. The van der Waals surface area contributed by atoms with Crippen LogP contribution in [0.3, 0.4) is 0 Å². The molecule has 1 unspecified atom stereocenters.